The lowest BCUT2D eigenvalue weighted by molar-refractivity contribution is 0.410. The molecule has 2 heterocycles. The molecular weight excluding hydrogens is 300 g/mol. The standard InChI is InChI=1S/C16H15ClN4O/c1-22-13-5-4-11-3-2-7-19-16(11)12(13)6-8-18-15-9-14(17)20-10-21-15/h2-5,7,9-10H,6,8H2,1H3,(H,18,20,21). The number of anilines is 1. The van der Waals surface area contributed by atoms with Gasteiger partial charge in [-0.3, -0.25) is 4.98 Å². The first-order valence-corrected chi connectivity index (χ1v) is 7.28. The number of benzene rings is 1. The second-order valence-electron chi connectivity index (χ2n) is 4.72. The Hall–Kier alpha value is -2.40. The number of fused-ring (bicyclic) bond motifs is 1. The summed E-state index contributed by atoms with van der Waals surface area (Å²) in [5.74, 6) is 1.54. The second kappa shape index (κ2) is 6.58. The Bertz CT molecular complexity index is 794. The molecule has 2 aromatic heterocycles. The van der Waals surface area contributed by atoms with E-state index in [1.54, 1.807) is 19.4 Å². The van der Waals surface area contributed by atoms with Gasteiger partial charge in [0.2, 0.25) is 0 Å². The summed E-state index contributed by atoms with van der Waals surface area (Å²) in [6, 6.07) is 9.66. The number of aromatic nitrogens is 3. The molecule has 1 N–H and O–H groups in total. The van der Waals surface area contributed by atoms with E-state index in [9.17, 15) is 0 Å². The highest BCUT2D eigenvalue weighted by Crippen LogP contribution is 2.26. The van der Waals surface area contributed by atoms with Crippen LogP contribution >= 0.6 is 11.6 Å². The molecule has 112 valence electrons. The SMILES string of the molecule is COc1ccc2cccnc2c1CCNc1cc(Cl)ncn1. The van der Waals surface area contributed by atoms with Crippen LogP contribution in [-0.4, -0.2) is 28.6 Å². The molecule has 0 spiro atoms. The molecule has 5 nitrogen and oxygen atoms in total. The summed E-state index contributed by atoms with van der Waals surface area (Å²) in [5.41, 5.74) is 2.04. The normalized spacial score (nSPS) is 10.6. The number of ether oxygens (including phenoxy) is 1. The molecule has 0 amide bonds. The van der Waals surface area contributed by atoms with Crippen molar-refractivity contribution in [3.05, 3.63) is 53.6 Å². The van der Waals surface area contributed by atoms with Gasteiger partial charge in [0, 0.05) is 29.8 Å². The highest BCUT2D eigenvalue weighted by atomic mass is 35.5. The van der Waals surface area contributed by atoms with Crippen molar-refractivity contribution in [1.82, 2.24) is 15.0 Å². The third kappa shape index (κ3) is 3.09. The van der Waals surface area contributed by atoms with E-state index in [4.69, 9.17) is 16.3 Å². The second-order valence-corrected chi connectivity index (χ2v) is 5.11. The van der Waals surface area contributed by atoms with Gasteiger partial charge in [-0.2, -0.15) is 0 Å². The number of rotatable bonds is 5. The zero-order valence-electron chi connectivity index (χ0n) is 12.1. The lowest BCUT2D eigenvalue weighted by atomic mass is 10.1. The third-order valence-electron chi connectivity index (χ3n) is 3.37. The molecule has 6 heteroatoms. The molecule has 3 aromatic rings. The molecular formula is C16H15ClN4O. The minimum Gasteiger partial charge on any atom is -0.496 e. The van der Waals surface area contributed by atoms with Crippen LogP contribution in [0.2, 0.25) is 5.15 Å². The molecule has 3 rings (SSSR count). The van der Waals surface area contributed by atoms with Gasteiger partial charge in [0.1, 0.15) is 23.0 Å². The van der Waals surface area contributed by atoms with Gasteiger partial charge < -0.3 is 10.1 Å². The largest absolute Gasteiger partial charge is 0.496 e. The molecule has 22 heavy (non-hydrogen) atoms. The van der Waals surface area contributed by atoms with Crippen LogP contribution in [0.1, 0.15) is 5.56 Å². The molecule has 0 saturated heterocycles. The Labute approximate surface area is 133 Å². The van der Waals surface area contributed by atoms with Gasteiger partial charge >= 0.3 is 0 Å². The quantitative estimate of drug-likeness (QED) is 0.732. The van der Waals surface area contributed by atoms with Crippen LogP contribution in [0.25, 0.3) is 10.9 Å². The highest BCUT2D eigenvalue weighted by Gasteiger charge is 2.09. The lowest BCUT2D eigenvalue weighted by Crippen LogP contribution is -2.08. The molecule has 0 unspecified atom stereocenters. The average Bonchev–Trinajstić information content (AvgIpc) is 2.55. The first-order valence-electron chi connectivity index (χ1n) is 6.90. The number of hydrogen-bond acceptors (Lipinski definition) is 5. The first kappa shape index (κ1) is 14.5. The van der Waals surface area contributed by atoms with E-state index >= 15 is 0 Å². The van der Waals surface area contributed by atoms with Crippen LogP contribution in [-0.2, 0) is 6.42 Å². The smallest absolute Gasteiger partial charge is 0.134 e. The fourth-order valence-electron chi connectivity index (χ4n) is 2.37. The summed E-state index contributed by atoms with van der Waals surface area (Å²) in [6.07, 6.45) is 3.99. The minimum absolute atomic E-state index is 0.418. The van der Waals surface area contributed by atoms with Crippen LogP contribution in [0.15, 0.2) is 42.9 Å². The van der Waals surface area contributed by atoms with Crippen molar-refractivity contribution in [2.45, 2.75) is 6.42 Å². The van der Waals surface area contributed by atoms with Gasteiger partial charge in [0.15, 0.2) is 0 Å². The Balaban J connectivity index is 1.81. The number of nitrogens with one attached hydrogen (secondary N) is 1. The summed E-state index contributed by atoms with van der Waals surface area (Å²) in [6.45, 7) is 0.694. The number of nitrogens with zero attached hydrogens (tertiary/aromatic N) is 3. The molecule has 0 aliphatic heterocycles. The summed E-state index contributed by atoms with van der Waals surface area (Å²) in [5, 5.41) is 4.75. The highest BCUT2D eigenvalue weighted by molar-refractivity contribution is 6.29. The van der Waals surface area contributed by atoms with Crippen LogP contribution < -0.4 is 10.1 Å². The monoisotopic (exact) mass is 314 g/mol. The maximum Gasteiger partial charge on any atom is 0.134 e. The Morgan fingerprint density at radius 2 is 2.09 bits per heavy atom. The fourth-order valence-corrected chi connectivity index (χ4v) is 2.51. The molecule has 0 saturated carbocycles. The van der Waals surface area contributed by atoms with Crippen molar-refractivity contribution >= 4 is 28.3 Å². The number of halogens is 1. The van der Waals surface area contributed by atoms with Gasteiger partial charge in [-0.25, -0.2) is 9.97 Å². The van der Waals surface area contributed by atoms with E-state index in [1.807, 2.05) is 24.3 Å². The Morgan fingerprint density at radius 1 is 1.18 bits per heavy atom. The summed E-state index contributed by atoms with van der Waals surface area (Å²) >= 11 is 5.85. The maximum atomic E-state index is 5.85. The minimum atomic E-state index is 0.418. The molecule has 0 radical (unpaired) electrons. The number of methoxy groups -OCH3 is 1. The molecule has 0 atom stereocenters. The third-order valence-corrected chi connectivity index (χ3v) is 3.58. The van der Waals surface area contributed by atoms with E-state index in [-0.39, 0.29) is 0 Å². The van der Waals surface area contributed by atoms with E-state index in [0.29, 0.717) is 17.5 Å². The molecule has 0 aliphatic carbocycles. The predicted molar refractivity (Wildman–Crippen MR) is 87.5 cm³/mol. The van der Waals surface area contributed by atoms with E-state index in [1.165, 1.54) is 6.33 Å². The zero-order chi connectivity index (χ0) is 15.4. The van der Waals surface area contributed by atoms with E-state index in [0.717, 1.165) is 28.6 Å². The van der Waals surface area contributed by atoms with Gasteiger partial charge in [0.05, 0.1) is 12.6 Å². The van der Waals surface area contributed by atoms with Crippen molar-refractivity contribution in [3.8, 4) is 5.75 Å². The van der Waals surface area contributed by atoms with Crippen molar-refractivity contribution in [3.63, 3.8) is 0 Å². The van der Waals surface area contributed by atoms with Crippen LogP contribution in [0.3, 0.4) is 0 Å². The average molecular weight is 315 g/mol. The van der Waals surface area contributed by atoms with Crippen LogP contribution in [0.5, 0.6) is 5.75 Å². The van der Waals surface area contributed by atoms with Crippen molar-refractivity contribution in [2.24, 2.45) is 0 Å². The van der Waals surface area contributed by atoms with Crippen molar-refractivity contribution in [2.75, 3.05) is 19.0 Å². The topological polar surface area (TPSA) is 59.9 Å². The van der Waals surface area contributed by atoms with Gasteiger partial charge in [-0.1, -0.05) is 17.7 Å². The Kier molecular flexibility index (Phi) is 4.34. The zero-order valence-corrected chi connectivity index (χ0v) is 12.8. The molecule has 0 bridgehead atoms. The van der Waals surface area contributed by atoms with Crippen molar-refractivity contribution < 1.29 is 4.74 Å². The fraction of sp³-hybridized carbons (Fsp3) is 0.188. The summed E-state index contributed by atoms with van der Waals surface area (Å²) < 4.78 is 5.46. The van der Waals surface area contributed by atoms with E-state index < -0.39 is 0 Å². The molecule has 1 aromatic carbocycles. The first-order chi connectivity index (χ1) is 10.8. The number of pyridine rings is 1. The summed E-state index contributed by atoms with van der Waals surface area (Å²) in [7, 11) is 1.67. The lowest BCUT2D eigenvalue weighted by Gasteiger charge is -2.12. The Morgan fingerprint density at radius 3 is 2.91 bits per heavy atom. The molecule has 0 aliphatic rings. The van der Waals surface area contributed by atoms with Crippen molar-refractivity contribution in [1.29, 1.82) is 0 Å². The van der Waals surface area contributed by atoms with E-state index in [2.05, 4.69) is 20.3 Å². The maximum absolute atomic E-state index is 5.85. The van der Waals surface area contributed by atoms with Gasteiger partial charge in [0.25, 0.3) is 0 Å². The summed E-state index contributed by atoms with van der Waals surface area (Å²) in [4.78, 5) is 12.5. The molecule has 0 fully saturated rings. The number of hydrogen-bond donors (Lipinski definition) is 1. The van der Waals surface area contributed by atoms with Gasteiger partial charge in [-0.05, 0) is 24.6 Å². The van der Waals surface area contributed by atoms with Crippen LogP contribution in [0, 0.1) is 0 Å². The van der Waals surface area contributed by atoms with Crippen LogP contribution in [0.4, 0.5) is 5.82 Å². The van der Waals surface area contributed by atoms with Gasteiger partial charge in [-0.15, -0.1) is 0 Å². The predicted octanol–water partition coefficient (Wildman–Crippen LogP) is 3.34.